The van der Waals surface area contributed by atoms with Crippen molar-refractivity contribution in [3.8, 4) is 5.95 Å². The number of fused-ring (bicyclic) bond motifs is 1. The Kier molecular flexibility index (Phi) is 7.15. The number of carbonyl (C=O) groups is 1. The van der Waals surface area contributed by atoms with Crippen LogP contribution in [0.4, 0.5) is 4.39 Å². The van der Waals surface area contributed by atoms with Gasteiger partial charge in [-0.05, 0) is 68.4 Å². The number of aromatic amines is 2. The van der Waals surface area contributed by atoms with Gasteiger partial charge in [0.05, 0.1) is 11.0 Å². The van der Waals surface area contributed by atoms with Crippen LogP contribution in [-0.2, 0) is 22.4 Å². The van der Waals surface area contributed by atoms with Gasteiger partial charge in [-0.15, -0.1) is 0 Å². The monoisotopic (exact) mass is 524 g/mol. The van der Waals surface area contributed by atoms with E-state index in [2.05, 4.69) is 15.1 Å². The number of rotatable bonds is 8. The summed E-state index contributed by atoms with van der Waals surface area (Å²) in [6.07, 6.45) is 0.0906. The predicted octanol–water partition coefficient (Wildman–Crippen LogP) is 2.21. The van der Waals surface area contributed by atoms with Crippen LogP contribution < -0.4 is 5.56 Å². The Morgan fingerprint density at radius 3 is 2.53 bits per heavy atom. The maximum atomic E-state index is 13.6. The van der Waals surface area contributed by atoms with Gasteiger partial charge in [0.1, 0.15) is 12.4 Å². The van der Waals surface area contributed by atoms with E-state index in [1.165, 1.54) is 16.8 Å². The van der Waals surface area contributed by atoms with Gasteiger partial charge in [-0.1, -0.05) is 24.3 Å². The van der Waals surface area contributed by atoms with E-state index in [4.69, 9.17) is 14.9 Å². The summed E-state index contributed by atoms with van der Waals surface area (Å²) in [6, 6.07) is 13.6. The third-order valence-corrected chi connectivity index (χ3v) is 7.15. The zero-order valence-electron chi connectivity index (χ0n) is 20.6. The maximum Gasteiger partial charge on any atom is 0.338 e. The maximum absolute atomic E-state index is 13.6. The number of aliphatic hydroxyl groups excluding tert-OH is 1. The number of ether oxygens (including phenoxy) is 1. The second kappa shape index (κ2) is 10.5. The molecule has 5 rings (SSSR count). The summed E-state index contributed by atoms with van der Waals surface area (Å²) in [5, 5.41) is 32.0. The largest absolute Gasteiger partial charge is 0.458 e. The molecule has 0 bridgehead atoms. The smallest absolute Gasteiger partial charge is 0.338 e. The highest BCUT2D eigenvalue weighted by molar-refractivity contribution is 5.79. The van der Waals surface area contributed by atoms with Crippen molar-refractivity contribution in [2.24, 2.45) is 0 Å². The van der Waals surface area contributed by atoms with Gasteiger partial charge in [-0.3, -0.25) is 9.89 Å². The van der Waals surface area contributed by atoms with Crippen LogP contribution in [0.1, 0.15) is 48.4 Å². The molecule has 38 heavy (non-hydrogen) atoms. The van der Waals surface area contributed by atoms with Crippen molar-refractivity contribution in [1.29, 1.82) is 0 Å². The summed E-state index contributed by atoms with van der Waals surface area (Å²) < 4.78 is 19.6. The minimum atomic E-state index is -1.81. The summed E-state index contributed by atoms with van der Waals surface area (Å²) in [5.74, 6) is -1.02. The van der Waals surface area contributed by atoms with Gasteiger partial charge in [0.2, 0.25) is 5.95 Å². The molecular weight excluding hydrogens is 495 g/mol. The lowest BCUT2D eigenvalue weighted by atomic mass is 9.76. The second-order valence-electron chi connectivity index (χ2n) is 9.73. The van der Waals surface area contributed by atoms with E-state index in [1.54, 1.807) is 12.1 Å². The summed E-state index contributed by atoms with van der Waals surface area (Å²) >= 11 is 0. The van der Waals surface area contributed by atoms with Crippen LogP contribution in [0, 0.1) is 5.82 Å². The number of H-pyrrole nitrogens is 2. The summed E-state index contributed by atoms with van der Waals surface area (Å²) in [5.41, 5.74) is 1.68. The fraction of sp³-hybridized carbons (Fsp3) is 0.370. The Morgan fingerprint density at radius 2 is 1.84 bits per heavy atom. The molecule has 1 aliphatic rings. The Bertz CT molecular complexity index is 1450. The van der Waals surface area contributed by atoms with E-state index in [0.29, 0.717) is 48.4 Å². The third-order valence-electron chi connectivity index (χ3n) is 7.15. The first-order valence-electron chi connectivity index (χ1n) is 12.5. The first-order chi connectivity index (χ1) is 18.2. The quantitative estimate of drug-likeness (QED) is 0.175. The van der Waals surface area contributed by atoms with Crippen molar-refractivity contribution < 1.29 is 29.2 Å². The fourth-order valence-corrected chi connectivity index (χ4v) is 5.06. The lowest BCUT2D eigenvalue weighted by molar-refractivity contribution is -0.179. The summed E-state index contributed by atoms with van der Waals surface area (Å²) in [4.78, 5) is 33.7. The van der Waals surface area contributed by atoms with Crippen molar-refractivity contribution in [1.82, 2.24) is 19.7 Å². The number of aliphatic hydroxyl groups is 3. The van der Waals surface area contributed by atoms with E-state index in [1.807, 2.05) is 24.3 Å². The molecule has 0 spiro atoms. The van der Waals surface area contributed by atoms with Gasteiger partial charge < -0.3 is 25.0 Å². The number of hydrogen-bond donors (Lipinski definition) is 5. The van der Waals surface area contributed by atoms with E-state index in [-0.39, 0.29) is 30.1 Å². The number of carbonyl (C=O) groups excluding carboxylic acids is 1. The number of benzene rings is 2. The molecule has 5 N–H and O–H groups in total. The lowest BCUT2D eigenvalue weighted by Gasteiger charge is -2.34. The number of aromatic nitrogens is 4. The highest BCUT2D eigenvalue weighted by Crippen LogP contribution is 2.39. The molecule has 4 aromatic rings. The molecule has 0 saturated heterocycles. The Morgan fingerprint density at radius 1 is 1.13 bits per heavy atom. The highest BCUT2D eigenvalue weighted by Gasteiger charge is 2.42. The van der Waals surface area contributed by atoms with Gasteiger partial charge in [-0.2, -0.15) is 4.68 Å². The number of aryl methyl sites for hydroxylation is 1. The van der Waals surface area contributed by atoms with Crippen LogP contribution in [0.15, 0.2) is 53.3 Å². The molecule has 0 aliphatic heterocycles. The normalized spacial score (nSPS) is 19.8. The Balaban J connectivity index is 1.43. The van der Waals surface area contributed by atoms with E-state index in [0.717, 1.165) is 11.1 Å². The topological polar surface area (TPSA) is 153 Å². The first kappa shape index (κ1) is 25.8. The number of imidazole rings is 1. The van der Waals surface area contributed by atoms with Crippen LogP contribution in [0.2, 0.25) is 0 Å². The lowest BCUT2D eigenvalue weighted by Crippen LogP contribution is -2.44. The molecule has 0 amide bonds. The van der Waals surface area contributed by atoms with Crippen molar-refractivity contribution in [2.45, 2.75) is 56.3 Å². The number of hydrogen-bond acceptors (Lipinski definition) is 7. The molecule has 2 aromatic carbocycles. The number of esters is 1. The molecule has 1 aliphatic carbocycles. The molecule has 0 unspecified atom stereocenters. The molecule has 1 fully saturated rings. The van der Waals surface area contributed by atoms with Gasteiger partial charge in [0.15, 0.2) is 11.9 Å². The molecule has 11 heteroatoms. The number of halogens is 1. The molecule has 0 radical (unpaired) electrons. The highest BCUT2D eigenvalue weighted by atomic mass is 19.1. The van der Waals surface area contributed by atoms with Crippen LogP contribution in [0.3, 0.4) is 0 Å². The SMILES string of the molecule is O=C(OCC(O)O)C1(O)CCC(c2[nH]n(-c3nc4ccccc4[nH]3)c(=O)c2CCc2ccc(F)cc2)CC1. The summed E-state index contributed by atoms with van der Waals surface area (Å²) in [6.45, 7) is -0.619. The molecule has 0 atom stereocenters. The Labute approximate surface area is 216 Å². The molecular formula is C27H29FN4O6. The number of para-hydroxylation sites is 2. The zero-order valence-corrected chi connectivity index (χ0v) is 20.6. The molecule has 10 nitrogen and oxygen atoms in total. The third kappa shape index (κ3) is 5.26. The van der Waals surface area contributed by atoms with Crippen molar-refractivity contribution in [3.63, 3.8) is 0 Å². The molecule has 2 aromatic heterocycles. The summed E-state index contributed by atoms with van der Waals surface area (Å²) in [7, 11) is 0. The van der Waals surface area contributed by atoms with Gasteiger partial charge >= 0.3 is 5.97 Å². The van der Waals surface area contributed by atoms with Gasteiger partial charge in [-0.25, -0.2) is 14.2 Å². The average Bonchev–Trinajstić information content (AvgIpc) is 3.48. The van der Waals surface area contributed by atoms with Crippen molar-refractivity contribution >= 4 is 17.0 Å². The van der Waals surface area contributed by atoms with Crippen LogP contribution in [0.5, 0.6) is 0 Å². The van der Waals surface area contributed by atoms with Gasteiger partial charge in [0.25, 0.3) is 5.56 Å². The number of nitrogens with one attached hydrogen (secondary N) is 2. The molecule has 2 heterocycles. The zero-order chi connectivity index (χ0) is 26.9. The average molecular weight is 525 g/mol. The number of nitrogens with zero attached hydrogens (tertiary/aromatic N) is 2. The van der Waals surface area contributed by atoms with Crippen molar-refractivity contribution in [2.75, 3.05) is 6.61 Å². The Hall–Kier alpha value is -3.80. The van der Waals surface area contributed by atoms with Crippen LogP contribution >= 0.6 is 0 Å². The van der Waals surface area contributed by atoms with E-state index < -0.39 is 24.5 Å². The first-order valence-corrected chi connectivity index (χ1v) is 12.5. The molecule has 1 saturated carbocycles. The predicted molar refractivity (Wildman–Crippen MR) is 135 cm³/mol. The second-order valence-corrected chi connectivity index (χ2v) is 9.73. The van der Waals surface area contributed by atoms with E-state index in [9.17, 15) is 19.1 Å². The molecule has 200 valence electrons. The fourth-order valence-electron chi connectivity index (χ4n) is 5.06. The van der Waals surface area contributed by atoms with Crippen LogP contribution in [-0.4, -0.2) is 59.5 Å². The van der Waals surface area contributed by atoms with Gasteiger partial charge in [0, 0.05) is 17.2 Å². The van der Waals surface area contributed by atoms with E-state index >= 15 is 0 Å². The minimum absolute atomic E-state index is 0.0905. The minimum Gasteiger partial charge on any atom is -0.458 e. The standard InChI is InChI=1S/C27H29FN4O6/c28-18-8-5-16(6-9-18)7-10-19-23(17-11-13-27(37,14-12-17)25(36)38-15-22(33)34)31-32(24(19)35)26-29-20-3-1-2-4-21(20)30-26/h1-6,8-9,17,22,31,33-34,37H,7,10-15H2,(H,29,30). The van der Waals surface area contributed by atoms with Crippen molar-refractivity contribution in [3.05, 3.63) is 81.5 Å². The van der Waals surface area contributed by atoms with Crippen LogP contribution in [0.25, 0.3) is 17.0 Å².